The van der Waals surface area contributed by atoms with Crippen molar-refractivity contribution in [3.8, 4) is 5.75 Å². The lowest BCUT2D eigenvalue weighted by atomic mass is 9.94. The molecule has 0 aliphatic carbocycles. The van der Waals surface area contributed by atoms with Gasteiger partial charge in [0.15, 0.2) is 0 Å². The summed E-state index contributed by atoms with van der Waals surface area (Å²) >= 11 is 0. The molecule has 118 valence electrons. The van der Waals surface area contributed by atoms with E-state index in [1.165, 1.54) is 5.56 Å². The molecule has 1 aromatic rings. The van der Waals surface area contributed by atoms with Gasteiger partial charge >= 0.3 is 5.97 Å². The summed E-state index contributed by atoms with van der Waals surface area (Å²) in [5, 5.41) is 12.3. The second kappa shape index (κ2) is 8.64. The monoisotopic (exact) mass is 295 g/mol. The van der Waals surface area contributed by atoms with Crippen LogP contribution in [-0.2, 0) is 16.0 Å². The van der Waals surface area contributed by atoms with E-state index in [-0.39, 0.29) is 12.5 Å². The van der Waals surface area contributed by atoms with Gasteiger partial charge in [0.25, 0.3) is 0 Å². The maximum atomic E-state index is 11.0. The highest BCUT2D eigenvalue weighted by Crippen LogP contribution is 2.23. The quantitative estimate of drug-likeness (QED) is 0.681. The summed E-state index contributed by atoms with van der Waals surface area (Å²) in [4.78, 5) is 11.0. The summed E-state index contributed by atoms with van der Waals surface area (Å²) in [5.74, 6) is 0.0320. The van der Waals surface area contributed by atoms with Crippen LogP contribution >= 0.6 is 0 Å². The van der Waals surface area contributed by atoms with Crippen LogP contribution in [0, 0.1) is 13.8 Å². The molecule has 0 saturated heterocycles. The van der Waals surface area contributed by atoms with Gasteiger partial charge in [-0.2, -0.15) is 0 Å². The van der Waals surface area contributed by atoms with Crippen molar-refractivity contribution in [3.05, 3.63) is 28.8 Å². The van der Waals surface area contributed by atoms with Gasteiger partial charge in [-0.25, -0.2) is 0 Å². The molecule has 1 aromatic carbocycles. The third kappa shape index (κ3) is 5.73. The average molecular weight is 295 g/mol. The summed E-state index contributed by atoms with van der Waals surface area (Å²) in [6.07, 6.45) is 0.770. The van der Waals surface area contributed by atoms with Crippen molar-refractivity contribution < 1.29 is 19.4 Å². The van der Waals surface area contributed by atoms with Crippen molar-refractivity contribution in [2.45, 2.75) is 32.7 Å². The molecule has 0 bridgehead atoms. The lowest BCUT2D eigenvalue weighted by Crippen LogP contribution is -2.36. The van der Waals surface area contributed by atoms with E-state index in [0.717, 1.165) is 16.9 Å². The van der Waals surface area contributed by atoms with E-state index in [9.17, 15) is 4.79 Å². The number of hydrogen-bond donors (Lipinski definition) is 2. The fraction of sp³-hybridized carbons (Fsp3) is 0.562. The topological polar surface area (TPSA) is 67.8 Å². The zero-order valence-electron chi connectivity index (χ0n) is 13.2. The van der Waals surface area contributed by atoms with Crippen molar-refractivity contribution in [3.63, 3.8) is 0 Å². The van der Waals surface area contributed by atoms with E-state index in [1.54, 1.807) is 14.2 Å². The van der Waals surface area contributed by atoms with Crippen LogP contribution in [0.2, 0.25) is 0 Å². The molecule has 0 spiro atoms. The molecular formula is C16H25NO4. The molecule has 0 aliphatic heterocycles. The first kappa shape index (κ1) is 17.5. The molecule has 21 heavy (non-hydrogen) atoms. The summed E-state index contributed by atoms with van der Waals surface area (Å²) < 4.78 is 10.3. The Balaban J connectivity index is 2.84. The first-order valence-electron chi connectivity index (χ1n) is 7.06. The lowest BCUT2D eigenvalue weighted by molar-refractivity contribution is -0.137. The maximum absolute atomic E-state index is 11.0. The Hall–Kier alpha value is -1.59. The highest BCUT2D eigenvalue weighted by molar-refractivity contribution is 5.67. The van der Waals surface area contributed by atoms with Gasteiger partial charge in [0.05, 0.1) is 20.1 Å². The fourth-order valence-electron chi connectivity index (χ4n) is 2.43. The molecule has 0 aromatic heterocycles. The third-order valence-electron chi connectivity index (χ3n) is 3.52. The minimum atomic E-state index is -0.797. The molecule has 1 unspecified atom stereocenters. The minimum absolute atomic E-state index is 0.0919. The Bertz CT molecular complexity index is 450. The Kier molecular flexibility index (Phi) is 7.19. The molecule has 2 N–H and O–H groups in total. The molecule has 1 atom stereocenters. The Labute approximate surface area is 126 Å². The average Bonchev–Trinajstić information content (AvgIpc) is 2.41. The van der Waals surface area contributed by atoms with E-state index >= 15 is 0 Å². The van der Waals surface area contributed by atoms with Gasteiger partial charge in [-0.3, -0.25) is 4.79 Å². The summed E-state index contributed by atoms with van der Waals surface area (Å²) in [7, 11) is 3.28. The standard InChI is InChI=1S/C16H25NO4/c1-11-7-14(21-4)8-12(2)15(11)9-13(10-16(18)19)17-5-6-20-3/h7-8,13,17H,5-6,9-10H2,1-4H3,(H,18,19). The van der Waals surface area contributed by atoms with E-state index in [4.69, 9.17) is 14.6 Å². The van der Waals surface area contributed by atoms with Crippen LogP contribution in [0.15, 0.2) is 12.1 Å². The van der Waals surface area contributed by atoms with Gasteiger partial charge in [0.1, 0.15) is 5.75 Å². The molecule has 0 aliphatic rings. The van der Waals surface area contributed by atoms with Crippen LogP contribution in [0.25, 0.3) is 0 Å². The van der Waals surface area contributed by atoms with E-state index in [0.29, 0.717) is 19.6 Å². The Morgan fingerprint density at radius 1 is 1.29 bits per heavy atom. The highest BCUT2D eigenvalue weighted by atomic mass is 16.5. The van der Waals surface area contributed by atoms with Crippen molar-refractivity contribution in [2.24, 2.45) is 0 Å². The van der Waals surface area contributed by atoms with Crippen LogP contribution in [0.3, 0.4) is 0 Å². The Morgan fingerprint density at radius 2 is 1.90 bits per heavy atom. The van der Waals surface area contributed by atoms with Crippen LogP contribution < -0.4 is 10.1 Å². The number of benzene rings is 1. The Morgan fingerprint density at radius 3 is 2.38 bits per heavy atom. The predicted molar refractivity (Wildman–Crippen MR) is 82.1 cm³/mol. The number of rotatable bonds is 9. The lowest BCUT2D eigenvalue weighted by Gasteiger charge is -2.20. The molecule has 0 heterocycles. The van der Waals surface area contributed by atoms with E-state index in [1.807, 2.05) is 26.0 Å². The summed E-state index contributed by atoms with van der Waals surface area (Å²) in [6.45, 7) is 5.26. The summed E-state index contributed by atoms with van der Waals surface area (Å²) in [5.41, 5.74) is 3.42. The largest absolute Gasteiger partial charge is 0.497 e. The van der Waals surface area contributed by atoms with Gasteiger partial charge in [0, 0.05) is 19.7 Å². The number of aliphatic carboxylic acids is 1. The van der Waals surface area contributed by atoms with Crippen molar-refractivity contribution in [1.82, 2.24) is 5.32 Å². The smallest absolute Gasteiger partial charge is 0.304 e. The molecule has 0 saturated carbocycles. The van der Waals surface area contributed by atoms with Gasteiger partial charge in [-0.05, 0) is 49.1 Å². The van der Waals surface area contributed by atoms with Gasteiger partial charge in [0.2, 0.25) is 0 Å². The summed E-state index contributed by atoms with van der Waals surface area (Å²) in [6, 6.07) is 3.86. The highest BCUT2D eigenvalue weighted by Gasteiger charge is 2.16. The van der Waals surface area contributed by atoms with Gasteiger partial charge in [-0.1, -0.05) is 0 Å². The molecule has 5 heteroatoms. The van der Waals surface area contributed by atoms with E-state index < -0.39 is 5.97 Å². The number of aryl methyl sites for hydroxylation is 2. The molecule has 0 fully saturated rings. The minimum Gasteiger partial charge on any atom is -0.497 e. The number of ether oxygens (including phenoxy) is 2. The maximum Gasteiger partial charge on any atom is 0.304 e. The van der Waals surface area contributed by atoms with Gasteiger partial charge in [-0.15, -0.1) is 0 Å². The predicted octanol–water partition coefficient (Wildman–Crippen LogP) is 1.93. The van der Waals surface area contributed by atoms with Crippen LogP contribution in [0.5, 0.6) is 5.75 Å². The molecule has 0 amide bonds. The molecule has 5 nitrogen and oxygen atoms in total. The van der Waals surface area contributed by atoms with E-state index in [2.05, 4.69) is 5.32 Å². The number of hydrogen-bond acceptors (Lipinski definition) is 4. The fourth-order valence-corrected chi connectivity index (χ4v) is 2.43. The van der Waals surface area contributed by atoms with Crippen LogP contribution in [0.4, 0.5) is 0 Å². The number of carboxylic acids is 1. The first-order valence-corrected chi connectivity index (χ1v) is 7.06. The van der Waals surface area contributed by atoms with Crippen molar-refractivity contribution in [1.29, 1.82) is 0 Å². The second-order valence-electron chi connectivity index (χ2n) is 5.19. The first-order chi connectivity index (χ1) is 9.97. The molecular weight excluding hydrogens is 270 g/mol. The number of carboxylic acid groups (broad SMARTS) is 1. The number of methoxy groups -OCH3 is 2. The molecule has 0 radical (unpaired) electrons. The van der Waals surface area contributed by atoms with Gasteiger partial charge < -0.3 is 19.9 Å². The van der Waals surface area contributed by atoms with Crippen LogP contribution in [-0.4, -0.2) is 44.5 Å². The molecule has 1 rings (SSSR count). The number of carbonyl (C=O) groups is 1. The zero-order chi connectivity index (χ0) is 15.8. The third-order valence-corrected chi connectivity index (χ3v) is 3.52. The second-order valence-corrected chi connectivity index (χ2v) is 5.19. The van der Waals surface area contributed by atoms with Crippen molar-refractivity contribution >= 4 is 5.97 Å². The number of nitrogens with one attached hydrogen (secondary N) is 1. The van der Waals surface area contributed by atoms with Crippen LogP contribution in [0.1, 0.15) is 23.1 Å². The van der Waals surface area contributed by atoms with Crippen molar-refractivity contribution in [2.75, 3.05) is 27.4 Å². The normalized spacial score (nSPS) is 12.2. The SMILES string of the molecule is COCCNC(CC(=O)O)Cc1c(C)cc(OC)cc1C. The zero-order valence-corrected chi connectivity index (χ0v) is 13.2.